The molecule has 160 valence electrons. The average molecular weight is 410 g/mol. The Morgan fingerprint density at radius 2 is 1.63 bits per heavy atom. The van der Waals surface area contributed by atoms with Gasteiger partial charge in [-0.1, -0.05) is 56.3 Å². The lowest BCUT2D eigenvalue weighted by atomic mass is 10.0. The molecule has 0 heterocycles. The van der Waals surface area contributed by atoms with Crippen molar-refractivity contribution in [3.05, 3.63) is 65.7 Å². The van der Waals surface area contributed by atoms with E-state index in [0.717, 1.165) is 24.0 Å². The zero-order valence-electron chi connectivity index (χ0n) is 18.0. The van der Waals surface area contributed by atoms with Crippen LogP contribution in [0.25, 0.3) is 0 Å². The summed E-state index contributed by atoms with van der Waals surface area (Å²) in [6, 6.07) is 17.0. The first-order chi connectivity index (χ1) is 14.4. The predicted octanol–water partition coefficient (Wildman–Crippen LogP) is 3.51. The number of hydrogen-bond acceptors (Lipinski definition) is 3. The van der Waals surface area contributed by atoms with Crippen LogP contribution in [0.1, 0.15) is 37.8 Å². The Kier molecular flexibility index (Phi) is 9.06. The molecule has 0 bridgehead atoms. The topological polar surface area (TPSA) is 78.5 Å². The van der Waals surface area contributed by atoms with Gasteiger partial charge < -0.3 is 15.5 Å². The van der Waals surface area contributed by atoms with E-state index in [9.17, 15) is 14.4 Å². The molecule has 0 fully saturated rings. The highest BCUT2D eigenvalue weighted by molar-refractivity contribution is 5.95. The Morgan fingerprint density at radius 3 is 2.27 bits per heavy atom. The van der Waals surface area contributed by atoms with Gasteiger partial charge in [0, 0.05) is 18.2 Å². The third-order valence-corrected chi connectivity index (χ3v) is 4.95. The zero-order valence-corrected chi connectivity index (χ0v) is 18.0. The van der Waals surface area contributed by atoms with Crippen molar-refractivity contribution < 1.29 is 14.4 Å². The van der Waals surface area contributed by atoms with E-state index in [0.29, 0.717) is 12.2 Å². The fourth-order valence-corrected chi connectivity index (χ4v) is 3.25. The largest absolute Gasteiger partial charge is 0.345 e. The summed E-state index contributed by atoms with van der Waals surface area (Å²) in [6.07, 6.45) is 1.45. The molecule has 0 aliphatic rings. The maximum Gasteiger partial charge on any atom is 0.243 e. The van der Waals surface area contributed by atoms with Gasteiger partial charge in [-0.05, 0) is 43.0 Å². The number of hydrogen-bond donors (Lipinski definition) is 2. The van der Waals surface area contributed by atoms with Crippen LogP contribution in [0.4, 0.5) is 5.69 Å². The Morgan fingerprint density at radius 1 is 0.933 bits per heavy atom. The van der Waals surface area contributed by atoms with Crippen LogP contribution in [-0.2, 0) is 20.9 Å². The maximum atomic E-state index is 12.9. The van der Waals surface area contributed by atoms with E-state index in [2.05, 4.69) is 10.6 Å². The Labute approximate surface area is 178 Å². The molecule has 6 heteroatoms. The van der Waals surface area contributed by atoms with Gasteiger partial charge >= 0.3 is 0 Å². The number of amides is 3. The highest BCUT2D eigenvalue weighted by Crippen LogP contribution is 2.15. The van der Waals surface area contributed by atoms with Gasteiger partial charge in [0.05, 0.1) is 13.1 Å². The van der Waals surface area contributed by atoms with Crippen LogP contribution in [0.2, 0.25) is 0 Å². The SMILES string of the molecule is CCC(CC)C(=O)N(CC(=O)NCC(=O)Nc1cccc(C)c1)Cc1ccccc1. The number of benzene rings is 2. The first-order valence-corrected chi connectivity index (χ1v) is 10.4. The number of nitrogens with zero attached hydrogens (tertiary/aromatic N) is 1. The van der Waals surface area contributed by atoms with Crippen molar-refractivity contribution >= 4 is 23.4 Å². The first kappa shape index (κ1) is 23.1. The highest BCUT2D eigenvalue weighted by Gasteiger charge is 2.23. The van der Waals surface area contributed by atoms with Crippen LogP contribution >= 0.6 is 0 Å². The van der Waals surface area contributed by atoms with Crippen LogP contribution in [0, 0.1) is 12.8 Å². The summed E-state index contributed by atoms with van der Waals surface area (Å²) in [4.78, 5) is 39.1. The molecular weight excluding hydrogens is 378 g/mol. The van der Waals surface area contributed by atoms with E-state index in [4.69, 9.17) is 0 Å². The molecule has 0 aliphatic carbocycles. The van der Waals surface area contributed by atoms with Crippen LogP contribution in [-0.4, -0.2) is 35.7 Å². The third-order valence-electron chi connectivity index (χ3n) is 4.95. The molecule has 30 heavy (non-hydrogen) atoms. The van der Waals surface area contributed by atoms with Crippen molar-refractivity contribution in [1.82, 2.24) is 10.2 Å². The molecule has 2 N–H and O–H groups in total. The third kappa shape index (κ3) is 7.35. The second-order valence-electron chi connectivity index (χ2n) is 7.39. The molecule has 0 unspecified atom stereocenters. The van der Waals surface area contributed by atoms with Gasteiger partial charge in [-0.15, -0.1) is 0 Å². The molecule has 0 aromatic heterocycles. The van der Waals surface area contributed by atoms with E-state index in [1.165, 1.54) is 0 Å². The number of nitrogens with one attached hydrogen (secondary N) is 2. The molecule has 0 aliphatic heterocycles. The Hall–Kier alpha value is -3.15. The van der Waals surface area contributed by atoms with Gasteiger partial charge in [0.25, 0.3) is 0 Å². The monoisotopic (exact) mass is 409 g/mol. The lowest BCUT2D eigenvalue weighted by molar-refractivity contribution is -0.140. The summed E-state index contributed by atoms with van der Waals surface area (Å²) in [5.41, 5.74) is 2.68. The van der Waals surface area contributed by atoms with Crippen molar-refractivity contribution in [3.63, 3.8) is 0 Å². The lowest BCUT2D eigenvalue weighted by Gasteiger charge is -2.26. The zero-order chi connectivity index (χ0) is 21.9. The van der Waals surface area contributed by atoms with E-state index < -0.39 is 0 Å². The van der Waals surface area contributed by atoms with Gasteiger partial charge in [0.15, 0.2) is 0 Å². The maximum absolute atomic E-state index is 12.9. The highest BCUT2D eigenvalue weighted by atomic mass is 16.2. The van der Waals surface area contributed by atoms with Gasteiger partial charge in [0.1, 0.15) is 0 Å². The Bertz CT molecular complexity index is 848. The summed E-state index contributed by atoms with van der Waals surface area (Å²) in [5, 5.41) is 5.37. The van der Waals surface area contributed by atoms with E-state index in [-0.39, 0.29) is 36.7 Å². The second kappa shape index (κ2) is 11.8. The summed E-state index contributed by atoms with van der Waals surface area (Å²) in [7, 11) is 0. The van der Waals surface area contributed by atoms with E-state index in [1.54, 1.807) is 11.0 Å². The van der Waals surface area contributed by atoms with Crippen LogP contribution in [0.15, 0.2) is 54.6 Å². The van der Waals surface area contributed by atoms with Gasteiger partial charge in [-0.3, -0.25) is 14.4 Å². The van der Waals surface area contributed by atoms with Crippen molar-refractivity contribution in [2.24, 2.45) is 5.92 Å². The predicted molar refractivity (Wildman–Crippen MR) is 119 cm³/mol. The molecule has 0 saturated heterocycles. The van der Waals surface area contributed by atoms with Gasteiger partial charge in [-0.2, -0.15) is 0 Å². The number of carbonyl (C=O) groups excluding carboxylic acids is 3. The van der Waals surface area contributed by atoms with E-state index >= 15 is 0 Å². The molecule has 3 amide bonds. The summed E-state index contributed by atoms with van der Waals surface area (Å²) < 4.78 is 0. The van der Waals surface area contributed by atoms with Crippen molar-refractivity contribution in [1.29, 1.82) is 0 Å². The van der Waals surface area contributed by atoms with Crippen LogP contribution in [0.3, 0.4) is 0 Å². The van der Waals surface area contributed by atoms with Crippen LogP contribution in [0.5, 0.6) is 0 Å². The molecular formula is C24H31N3O3. The number of carbonyl (C=O) groups is 3. The number of anilines is 1. The van der Waals surface area contributed by atoms with Gasteiger partial charge in [0.2, 0.25) is 17.7 Å². The van der Waals surface area contributed by atoms with Crippen molar-refractivity contribution in [2.45, 2.75) is 40.2 Å². The fraction of sp³-hybridized carbons (Fsp3) is 0.375. The molecule has 6 nitrogen and oxygen atoms in total. The quantitative estimate of drug-likeness (QED) is 0.630. The van der Waals surface area contributed by atoms with E-state index in [1.807, 2.05) is 69.3 Å². The summed E-state index contributed by atoms with van der Waals surface area (Å²) >= 11 is 0. The van der Waals surface area contributed by atoms with Crippen LogP contribution < -0.4 is 10.6 Å². The minimum Gasteiger partial charge on any atom is -0.345 e. The smallest absolute Gasteiger partial charge is 0.243 e. The molecule has 2 aromatic carbocycles. The summed E-state index contributed by atoms with van der Waals surface area (Å²) in [5.74, 6) is -0.825. The van der Waals surface area contributed by atoms with Crippen molar-refractivity contribution in [3.8, 4) is 0 Å². The second-order valence-corrected chi connectivity index (χ2v) is 7.39. The minimum absolute atomic E-state index is 0.0387. The molecule has 0 saturated carbocycles. The molecule has 0 radical (unpaired) electrons. The molecule has 0 atom stereocenters. The Balaban J connectivity index is 1.95. The molecule has 2 rings (SSSR count). The summed E-state index contributed by atoms with van der Waals surface area (Å²) in [6.45, 7) is 6.02. The number of rotatable bonds is 10. The number of aryl methyl sites for hydroxylation is 1. The van der Waals surface area contributed by atoms with Crippen molar-refractivity contribution in [2.75, 3.05) is 18.4 Å². The standard InChI is InChI=1S/C24H31N3O3/c1-4-20(5-2)24(30)27(16-19-11-7-6-8-12-19)17-23(29)25-15-22(28)26-21-13-9-10-18(3)14-21/h6-14,20H,4-5,15-17H2,1-3H3,(H,25,29)(H,26,28). The van der Waals surface area contributed by atoms with Gasteiger partial charge in [-0.25, -0.2) is 0 Å². The molecule has 0 spiro atoms. The lowest BCUT2D eigenvalue weighted by Crippen LogP contribution is -2.44. The first-order valence-electron chi connectivity index (χ1n) is 10.4. The fourth-order valence-electron chi connectivity index (χ4n) is 3.25. The average Bonchev–Trinajstić information content (AvgIpc) is 2.73. The molecule has 2 aromatic rings. The normalized spacial score (nSPS) is 10.5. The minimum atomic E-state index is -0.357.